The number of hydrogen-bond acceptors (Lipinski definition) is 6. The molecular formula is C22H17ClO5S. The van der Waals surface area contributed by atoms with Gasteiger partial charge >= 0.3 is 5.97 Å². The molecule has 29 heavy (non-hydrogen) atoms. The molecule has 7 heteroatoms. The molecule has 0 aliphatic heterocycles. The van der Waals surface area contributed by atoms with E-state index < -0.39 is 11.8 Å². The molecule has 0 amide bonds. The molecule has 0 bridgehead atoms. The number of phenols is 2. The summed E-state index contributed by atoms with van der Waals surface area (Å²) in [7, 11) is 0. The predicted octanol–water partition coefficient (Wildman–Crippen LogP) is 5.31. The van der Waals surface area contributed by atoms with Crippen molar-refractivity contribution in [2.75, 3.05) is 6.61 Å². The van der Waals surface area contributed by atoms with E-state index in [1.165, 1.54) is 36.0 Å². The number of ketones is 1. The van der Waals surface area contributed by atoms with Crippen LogP contribution in [0.4, 0.5) is 0 Å². The molecule has 148 valence electrons. The Bertz CT molecular complexity index is 1060. The minimum atomic E-state index is -0.741. The summed E-state index contributed by atoms with van der Waals surface area (Å²) in [6.45, 7) is 1.77. The summed E-state index contributed by atoms with van der Waals surface area (Å²) in [5.41, 5.74) is 0.115. The van der Waals surface area contributed by atoms with Gasteiger partial charge in [-0.3, -0.25) is 4.79 Å². The molecule has 0 aliphatic rings. The molecule has 0 spiro atoms. The highest BCUT2D eigenvalue weighted by Crippen LogP contribution is 2.39. The molecule has 0 aliphatic carbocycles. The lowest BCUT2D eigenvalue weighted by Gasteiger charge is -2.12. The average Bonchev–Trinajstić information content (AvgIpc) is 2.71. The number of aromatic hydroxyl groups is 2. The highest BCUT2D eigenvalue weighted by molar-refractivity contribution is 7.99. The normalized spacial score (nSPS) is 10.6. The largest absolute Gasteiger partial charge is 0.507 e. The monoisotopic (exact) mass is 428 g/mol. The minimum Gasteiger partial charge on any atom is -0.507 e. The molecule has 0 saturated heterocycles. The van der Waals surface area contributed by atoms with Crippen molar-refractivity contribution in [2.24, 2.45) is 0 Å². The Balaban J connectivity index is 2.09. The van der Waals surface area contributed by atoms with Crippen LogP contribution in [0.25, 0.3) is 0 Å². The van der Waals surface area contributed by atoms with E-state index in [0.717, 1.165) is 4.90 Å². The minimum absolute atomic E-state index is 0.0930. The lowest BCUT2D eigenvalue weighted by atomic mass is 10.00. The lowest BCUT2D eigenvalue weighted by molar-refractivity contribution is 0.0522. The molecule has 0 unspecified atom stereocenters. The first-order valence-electron chi connectivity index (χ1n) is 8.71. The van der Waals surface area contributed by atoms with Gasteiger partial charge in [0.15, 0.2) is 5.78 Å². The van der Waals surface area contributed by atoms with Crippen molar-refractivity contribution >= 4 is 35.1 Å². The first-order chi connectivity index (χ1) is 13.9. The summed E-state index contributed by atoms with van der Waals surface area (Å²) in [6, 6.07) is 15.8. The van der Waals surface area contributed by atoms with E-state index in [-0.39, 0.29) is 34.8 Å². The second-order valence-electron chi connectivity index (χ2n) is 5.99. The third-order valence-electron chi connectivity index (χ3n) is 4.02. The first-order valence-corrected chi connectivity index (χ1v) is 9.90. The number of ether oxygens (including phenoxy) is 1. The second-order valence-corrected chi connectivity index (χ2v) is 7.55. The van der Waals surface area contributed by atoms with Gasteiger partial charge in [0.2, 0.25) is 0 Å². The quantitative estimate of drug-likeness (QED) is 0.409. The van der Waals surface area contributed by atoms with Crippen LogP contribution in [0.3, 0.4) is 0 Å². The Morgan fingerprint density at radius 3 is 2.34 bits per heavy atom. The SMILES string of the molecule is CCOC(=O)c1cc(C(=O)c2ccccc2O)cc(Sc2ccc(Cl)cc2)c1O. The number of rotatable bonds is 6. The number of esters is 1. The van der Waals surface area contributed by atoms with E-state index in [4.69, 9.17) is 16.3 Å². The van der Waals surface area contributed by atoms with Crippen molar-refractivity contribution in [3.63, 3.8) is 0 Å². The van der Waals surface area contributed by atoms with Gasteiger partial charge in [-0.05, 0) is 55.5 Å². The molecule has 0 atom stereocenters. The zero-order valence-corrected chi connectivity index (χ0v) is 17.0. The Morgan fingerprint density at radius 2 is 1.69 bits per heavy atom. The summed E-state index contributed by atoms with van der Waals surface area (Å²) in [5.74, 6) is -1.67. The van der Waals surface area contributed by atoms with Gasteiger partial charge in [0.25, 0.3) is 0 Å². The second kappa shape index (κ2) is 9.03. The van der Waals surface area contributed by atoms with E-state index >= 15 is 0 Å². The number of hydrogen-bond donors (Lipinski definition) is 2. The van der Waals surface area contributed by atoms with E-state index in [1.54, 1.807) is 43.3 Å². The molecule has 3 aromatic rings. The Hall–Kier alpha value is -2.96. The van der Waals surface area contributed by atoms with Gasteiger partial charge in [0, 0.05) is 15.5 Å². The molecule has 0 radical (unpaired) electrons. The molecule has 5 nitrogen and oxygen atoms in total. The van der Waals surface area contributed by atoms with Crippen LogP contribution < -0.4 is 0 Å². The van der Waals surface area contributed by atoms with Crippen LogP contribution in [0.2, 0.25) is 5.02 Å². The lowest BCUT2D eigenvalue weighted by Crippen LogP contribution is -2.09. The zero-order valence-electron chi connectivity index (χ0n) is 15.4. The van der Waals surface area contributed by atoms with E-state index in [9.17, 15) is 19.8 Å². The van der Waals surface area contributed by atoms with Crippen LogP contribution in [-0.4, -0.2) is 28.6 Å². The van der Waals surface area contributed by atoms with E-state index in [0.29, 0.717) is 9.92 Å². The molecular weight excluding hydrogens is 412 g/mol. The number of carbonyl (C=O) groups excluding carboxylic acids is 2. The Kier molecular flexibility index (Phi) is 6.46. The average molecular weight is 429 g/mol. The number of carbonyl (C=O) groups is 2. The summed E-state index contributed by atoms with van der Waals surface area (Å²) in [5, 5.41) is 21.2. The summed E-state index contributed by atoms with van der Waals surface area (Å²) < 4.78 is 5.01. The highest BCUT2D eigenvalue weighted by atomic mass is 35.5. The van der Waals surface area contributed by atoms with Crippen LogP contribution in [0.5, 0.6) is 11.5 Å². The van der Waals surface area contributed by atoms with Crippen LogP contribution in [-0.2, 0) is 4.74 Å². The maximum Gasteiger partial charge on any atom is 0.341 e. The van der Waals surface area contributed by atoms with E-state index in [1.807, 2.05) is 0 Å². The standard InChI is InChI=1S/C22H17ClO5S/c1-2-28-22(27)17-11-13(20(25)16-5-3-4-6-18(16)24)12-19(21(17)26)29-15-9-7-14(23)8-10-15/h3-12,24,26H,2H2,1H3. The molecule has 3 rings (SSSR count). The number of para-hydroxylation sites is 1. The fourth-order valence-electron chi connectivity index (χ4n) is 2.63. The number of halogens is 1. The fraction of sp³-hybridized carbons (Fsp3) is 0.0909. The molecule has 0 aromatic heterocycles. The third-order valence-corrected chi connectivity index (χ3v) is 5.31. The maximum atomic E-state index is 12.9. The number of phenolic OH excluding ortho intramolecular Hbond substituents is 2. The van der Waals surface area contributed by atoms with Gasteiger partial charge in [0.1, 0.15) is 17.1 Å². The molecule has 2 N–H and O–H groups in total. The summed E-state index contributed by atoms with van der Waals surface area (Å²) in [4.78, 5) is 26.3. The van der Waals surface area contributed by atoms with Gasteiger partial charge in [-0.25, -0.2) is 4.79 Å². The molecule has 0 fully saturated rings. The van der Waals surface area contributed by atoms with Gasteiger partial charge in [0.05, 0.1) is 17.1 Å². The van der Waals surface area contributed by atoms with Crippen LogP contribution in [0, 0.1) is 0 Å². The van der Waals surface area contributed by atoms with Crippen molar-refractivity contribution < 1.29 is 24.5 Å². The van der Waals surface area contributed by atoms with Crippen LogP contribution in [0.15, 0.2) is 70.5 Å². The first kappa shape index (κ1) is 20.8. The van der Waals surface area contributed by atoms with Gasteiger partial charge in [-0.1, -0.05) is 35.5 Å². The number of benzene rings is 3. The van der Waals surface area contributed by atoms with Crippen molar-refractivity contribution in [1.29, 1.82) is 0 Å². The Labute approximate surface area is 176 Å². The van der Waals surface area contributed by atoms with Crippen molar-refractivity contribution in [1.82, 2.24) is 0 Å². The summed E-state index contributed by atoms with van der Waals surface area (Å²) >= 11 is 7.08. The predicted molar refractivity (Wildman–Crippen MR) is 111 cm³/mol. The molecule has 0 heterocycles. The maximum absolute atomic E-state index is 12.9. The van der Waals surface area contributed by atoms with Gasteiger partial charge in [-0.2, -0.15) is 0 Å². The third kappa shape index (κ3) is 4.72. The van der Waals surface area contributed by atoms with Gasteiger partial charge < -0.3 is 14.9 Å². The zero-order chi connectivity index (χ0) is 21.0. The highest BCUT2D eigenvalue weighted by Gasteiger charge is 2.22. The van der Waals surface area contributed by atoms with Gasteiger partial charge in [-0.15, -0.1) is 0 Å². The van der Waals surface area contributed by atoms with Crippen molar-refractivity contribution in [3.05, 3.63) is 82.4 Å². The van der Waals surface area contributed by atoms with Crippen LogP contribution >= 0.6 is 23.4 Å². The Morgan fingerprint density at radius 1 is 1.00 bits per heavy atom. The molecule has 0 saturated carbocycles. The topological polar surface area (TPSA) is 83.8 Å². The fourth-order valence-corrected chi connectivity index (χ4v) is 3.68. The van der Waals surface area contributed by atoms with Crippen molar-refractivity contribution in [2.45, 2.75) is 16.7 Å². The van der Waals surface area contributed by atoms with Crippen LogP contribution in [0.1, 0.15) is 33.2 Å². The molecule has 3 aromatic carbocycles. The summed E-state index contributed by atoms with van der Waals surface area (Å²) in [6.07, 6.45) is 0. The van der Waals surface area contributed by atoms with Crippen molar-refractivity contribution in [3.8, 4) is 11.5 Å². The van der Waals surface area contributed by atoms with E-state index in [2.05, 4.69) is 0 Å². The smallest absolute Gasteiger partial charge is 0.341 e.